The van der Waals surface area contributed by atoms with E-state index in [1.165, 1.54) is 23.0 Å². The topological polar surface area (TPSA) is 42.0 Å². The van der Waals surface area contributed by atoms with Crippen LogP contribution < -0.4 is 5.32 Å². The Hall–Kier alpha value is -2.86. The zero-order valence-electron chi connectivity index (χ0n) is 14.4. The van der Waals surface area contributed by atoms with Crippen LogP contribution in [0.1, 0.15) is 33.6 Å². The minimum absolute atomic E-state index is 0.338. The Morgan fingerprint density at radius 2 is 1.89 bits per heavy atom. The third-order valence-corrected chi connectivity index (χ3v) is 5.67. The fourth-order valence-electron chi connectivity index (χ4n) is 3.38. The number of rotatable bonds is 3. The number of fused-ring (bicyclic) bond motifs is 3. The van der Waals surface area contributed by atoms with E-state index >= 15 is 0 Å². The number of benzene rings is 2. The van der Waals surface area contributed by atoms with E-state index in [4.69, 9.17) is 0 Å². The summed E-state index contributed by atoms with van der Waals surface area (Å²) < 4.78 is 27.7. The van der Waals surface area contributed by atoms with Gasteiger partial charge in [0.15, 0.2) is 5.13 Å². The van der Waals surface area contributed by atoms with Crippen LogP contribution in [0, 0.1) is 11.6 Å². The summed E-state index contributed by atoms with van der Waals surface area (Å²) in [5, 5.41) is 2.88. The van der Waals surface area contributed by atoms with Crippen molar-refractivity contribution in [3.63, 3.8) is 0 Å². The van der Waals surface area contributed by atoms with E-state index in [1.54, 1.807) is 0 Å². The molecule has 0 saturated carbocycles. The minimum atomic E-state index is -0.897. The molecular formula is C21H16F2N2OS. The first-order valence-corrected chi connectivity index (χ1v) is 9.40. The first-order chi connectivity index (χ1) is 13.1. The Morgan fingerprint density at radius 3 is 2.63 bits per heavy atom. The van der Waals surface area contributed by atoms with Gasteiger partial charge < -0.3 is 0 Å². The summed E-state index contributed by atoms with van der Waals surface area (Å²) in [6, 6.07) is 9.37. The van der Waals surface area contributed by atoms with E-state index in [0.29, 0.717) is 5.13 Å². The van der Waals surface area contributed by atoms with Crippen LogP contribution in [0.15, 0.2) is 43.0 Å². The van der Waals surface area contributed by atoms with Crippen molar-refractivity contribution in [1.29, 1.82) is 0 Å². The molecule has 3 nitrogen and oxygen atoms in total. The molecular weight excluding hydrogens is 366 g/mol. The van der Waals surface area contributed by atoms with Gasteiger partial charge in [-0.1, -0.05) is 48.3 Å². The van der Waals surface area contributed by atoms with Crippen molar-refractivity contribution in [2.75, 3.05) is 5.32 Å². The van der Waals surface area contributed by atoms with Gasteiger partial charge in [0.25, 0.3) is 5.91 Å². The molecule has 1 N–H and O–H groups in total. The Morgan fingerprint density at radius 1 is 1.15 bits per heavy atom. The Bertz CT molecular complexity index is 1040. The highest BCUT2D eigenvalue weighted by molar-refractivity contribution is 7.19. The second-order valence-electron chi connectivity index (χ2n) is 6.28. The van der Waals surface area contributed by atoms with Gasteiger partial charge in [0, 0.05) is 0 Å². The maximum atomic E-state index is 13.8. The van der Waals surface area contributed by atoms with Crippen molar-refractivity contribution >= 4 is 28.5 Å². The summed E-state index contributed by atoms with van der Waals surface area (Å²) in [6.45, 7) is 3.88. The number of carbonyl (C=O) groups is 1. The maximum Gasteiger partial charge on any atom is 0.263 e. The van der Waals surface area contributed by atoms with E-state index in [0.717, 1.165) is 53.1 Å². The molecule has 1 aliphatic carbocycles. The van der Waals surface area contributed by atoms with Crippen LogP contribution in [0.4, 0.5) is 13.9 Å². The number of aryl methyl sites for hydroxylation is 1. The Labute approximate surface area is 159 Å². The molecule has 0 fully saturated rings. The molecule has 1 amide bonds. The van der Waals surface area contributed by atoms with Crippen molar-refractivity contribution in [3.8, 4) is 10.4 Å². The quantitative estimate of drug-likeness (QED) is 0.652. The van der Waals surface area contributed by atoms with E-state index in [-0.39, 0.29) is 0 Å². The molecule has 6 heteroatoms. The molecule has 0 unspecified atom stereocenters. The van der Waals surface area contributed by atoms with Crippen LogP contribution in [-0.4, -0.2) is 10.9 Å². The highest BCUT2D eigenvalue weighted by atomic mass is 32.1. The van der Waals surface area contributed by atoms with Gasteiger partial charge in [-0.05, 0) is 48.1 Å². The average molecular weight is 382 g/mol. The van der Waals surface area contributed by atoms with Gasteiger partial charge in [-0.3, -0.25) is 10.1 Å². The largest absolute Gasteiger partial charge is 0.298 e. The third kappa shape index (κ3) is 3.17. The van der Waals surface area contributed by atoms with Crippen LogP contribution in [0.5, 0.6) is 0 Å². The normalized spacial score (nSPS) is 12.7. The Balaban J connectivity index is 1.71. The molecule has 27 heavy (non-hydrogen) atoms. The number of anilines is 1. The van der Waals surface area contributed by atoms with Gasteiger partial charge in [0.2, 0.25) is 0 Å². The van der Waals surface area contributed by atoms with Gasteiger partial charge in [0.1, 0.15) is 17.2 Å². The minimum Gasteiger partial charge on any atom is -0.298 e. The average Bonchev–Trinajstić information content (AvgIpc) is 2.95. The van der Waals surface area contributed by atoms with Crippen LogP contribution in [-0.2, 0) is 12.8 Å². The lowest BCUT2D eigenvalue weighted by molar-refractivity contribution is 0.101. The van der Waals surface area contributed by atoms with Crippen LogP contribution in [0.3, 0.4) is 0 Å². The molecule has 2 aromatic carbocycles. The standard InChI is InChI=1S/C21H16F2N2OS/c1-2-12-6-3-8-14-13(12)7-4-11-17-19(14)27-21(24-17)25-20(26)18-15(22)9-5-10-16(18)23/h2-3,5-6,8-10H,1,4,7,11H2,(H,24,25,26). The number of amides is 1. The summed E-state index contributed by atoms with van der Waals surface area (Å²) in [7, 11) is 0. The molecule has 1 heterocycles. The summed E-state index contributed by atoms with van der Waals surface area (Å²) in [4.78, 5) is 17.8. The molecule has 136 valence electrons. The third-order valence-electron chi connectivity index (χ3n) is 4.62. The number of carbonyl (C=O) groups excluding carboxylic acids is 1. The first-order valence-electron chi connectivity index (χ1n) is 8.58. The first kappa shape index (κ1) is 17.5. The maximum absolute atomic E-state index is 13.8. The van der Waals surface area contributed by atoms with Gasteiger partial charge in [0.05, 0.1) is 10.6 Å². The number of nitrogens with one attached hydrogen (secondary N) is 1. The number of thiazole rings is 1. The van der Waals surface area contributed by atoms with Crippen molar-refractivity contribution in [3.05, 3.63) is 77.0 Å². The summed E-state index contributed by atoms with van der Waals surface area (Å²) >= 11 is 1.32. The van der Waals surface area contributed by atoms with Crippen molar-refractivity contribution < 1.29 is 13.6 Å². The lowest BCUT2D eigenvalue weighted by Crippen LogP contribution is -2.15. The second kappa shape index (κ2) is 7.04. The fraction of sp³-hybridized carbons (Fsp3) is 0.143. The Kier molecular flexibility index (Phi) is 4.58. The predicted octanol–water partition coefficient (Wildman–Crippen LogP) is 5.47. The van der Waals surface area contributed by atoms with Crippen molar-refractivity contribution in [2.24, 2.45) is 0 Å². The van der Waals surface area contributed by atoms with Crippen molar-refractivity contribution in [2.45, 2.75) is 19.3 Å². The summed E-state index contributed by atoms with van der Waals surface area (Å²) in [5.74, 6) is -2.63. The molecule has 0 aliphatic heterocycles. The molecule has 1 aromatic heterocycles. The predicted molar refractivity (Wildman–Crippen MR) is 104 cm³/mol. The zero-order valence-corrected chi connectivity index (χ0v) is 15.2. The van der Waals surface area contributed by atoms with Crippen LogP contribution in [0.25, 0.3) is 16.5 Å². The molecule has 1 aliphatic rings. The molecule has 0 spiro atoms. The number of nitrogens with zero attached hydrogens (tertiary/aromatic N) is 1. The van der Waals surface area contributed by atoms with Crippen LogP contribution in [0.2, 0.25) is 0 Å². The number of hydrogen-bond donors (Lipinski definition) is 1. The molecule has 3 aromatic rings. The molecule has 0 saturated heterocycles. The molecule has 0 bridgehead atoms. The lowest BCUT2D eigenvalue weighted by Gasteiger charge is -2.09. The van der Waals surface area contributed by atoms with E-state index in [9.17, 15) is 13.6 Å². The lowest BCUT2D eigenvalue weighted by atomic mass is 9.98. The highest BCUT2D eigenvalue weighted by Gasteiger charge is 2.23. The summed E-state index contributed by atoms with van der Waals surface area (Å²) in [5.41, 5.74) is 3.68. The zero-order chi connectivity index (χ0) is 19.0. The molecule has 0 atom stereocenters. The van der Waals surface area contributed by atoms with E-state index in [2.05, 4.69) is 16.9 Å². The number of halogens is 2. The number of hydrogen-bond acceptors (Lipinski definition) is 3. The van der Waals surface area contributed by atoms with Gasteiger partial charge in [-0.15, -0.1) is 0 Å². The second-order valence-corrected chi connectivity index (χ2v) is 7.28. The summed E-state index contributed by atoms with van der Waals surface area (Å²) in [6.07, 6.45) is 4.49. The SMILES string of the molecule is C=Cc1cccc2c1CCCc1nc(NC(=O)c3c(F)cccc3F)sc1-2. The molecule has 0 radical (unpaired) electrons. The van der Waals surface area contributed by atoms with E-state index in [1.807, 2.05) is 24.3 Å². The number of aromatic nitrogens is 1. The van der Waals surface area contributed by atoms with Gasteiger partial charge >= 0.3 is 0 Å². The smallest absolute Gasteiger partial charge is 0.263 e. The van der Waals surface area contributed by atoms with E-state index < -0.39 is 23.1 Å². The fourth-order valence-corrected chi connectivity index (χ4v) is 4.44. The van der Waals surface area contributed by atoms with Gasteiger partial charge in [-0.2, -0.15) is 0 Å². The monoisotopic (exact) mass is 382 g/mol. The molecule has 4 rings (SSSR count). The highest BCUT2D eigenvalue weighted by Crippen LogP contribution is 2.40. The van der Waals surface area contributed by atoms with Crippen molar-refractivity contribution in [1.82, 2.24) is 4.98 Å². The van der Waals surface area contributed by atoms with Crippen LogP contribution >= 0.6 is 11.3 Å². The van der Waals surface area contributed by atoms with Gasteiger partial charge in [-0.25, -0.2) is 13.8 Å².